The Morgan fingerprint density at radius 3 is 2.57 bits per heavy atom. The molecule has 2 atom stereocenters. The quantitative estimate of drug-likeness (QED) is 0.853. The van der Waals surface area contributed by atoms with Gasteiger partial charge in [0.05, 0.1) is 0 Å². The minimum atomic E-state index is -0.749. The van der Waals surface area contributed by atoms with Crippen LogP contribution in [0.15, 0.2) is 18.2 Å². The Labute approximate surface area is 126 Å². The third-order valence-corrected chi connectivity index (χ3v) is 5.15. The van der Waals surface area contributed by atoms with Gasteiger partial charge < -0.3 is 5.32 Å². The molecule has 0 radical (unpaired) electrons. The second-order valence-corrected chi connectivity index (χ2v) is 7.63. The second kappa shape index (κ2) is 5.68. The molecular formula is C18H25F2N. The summed E-state index contributed by atoms with van der Waals surface area (Å²) < 4.78 is 26.8. The van der Waals surface area contributed by atoms with Gasteiger partial charge in [-0.25, -0.2) is 8.78 Å². The number of hydrogen-bond donors (Lipinski definition) is 1. The summed E-state index contributed by atoms with van der Waals surface area (Å²) in [5, 5.41) is 3.61. The fourth-order valence-electron chi connectivity index (χ4n) is 3.62. The van der Waals surface area contributed by atoms with Crippen LogP contribution in [-0.2, 0) is 0 Å². The van der Waals surface area contributed by atoms with Gasteiger partial charge in [-0.2, -0.15) is 0 Å². The molecule has 2 aliphatic rings. The highest BCUT2D eigenvalue weighted by Gasteiger charge is 2.36. The Morgan fingerprint density at radius 1 is 1.14 bits per heavy atom. The van der Waals surface area contributed by atoms with Crippen molar-refractivity contribution >= 4 is 0 Å². The molecule has 3 rings (SSSR count). The van der Waals surface area contributed by atoms with Gasteiger partial charge in [-0.05, 0) is 73.6 Å². The molecule has 116 valence electrons. The monoisotopic (exact) mass is 293 g/mol. The van der Waals surface area contributed by atoms with Crippen LogP contribution in [0.3, 0.4) is 0 Å². The lowest BCUT2D eigenvalue weighted by atomic mass is 9.65. The highest BCUT2D eigenvalue weighted by Crippen LogP contribution is 2.46. The molecule has 2 unspecified atom stereocenters. The first-order valence-electron chi connectivity index (χ1n) is 8.13. The highest BCUT2D eigenvalue weighted by atomic mass is 19.2. The lowest BCUT2D eigenvalue weighted by Gasteiger charge is -2.41. The SMILES string of the molecule is CC1(C)CCC(CNC2CC2)C(c2ccc(F)c(F)c2)C1. The standard InChI is InChI=1S/C18H25F2N/c1-18(2)8-7-13(11-21-14-4-5-14)15(10-18)12-3-6-16(19)17(20)9-12/h3,6,9,13-15,21H,4-5,7-8,10-11H2,1-2H3. The van der Waals surface area contributed by atoms with E-state index in [1.807, 2.05) is 0 Å². The molecule has 1 aromatic rings. The number of halogens is 2. The smallest absolute Gasteiger partial charge is 0.159 e. The fraction of sp³-hybridized carbons (Fsp3) is 0.667. The molecule has 0 aromatic heterocycles. The van der Waals surface area contributed by atoms with Crippen LogP contribution in [-0.4, -0.2) is 12.6 Å². The van der Waals surface area contributed by atoms with Crippen molar-refractivity contribution in [2.24, 2.45) is 11.3 Å². The molecule has 1 aromatic carbocycles. The minimum Gasteiger partial charge on any atom is -0.314 e. The van der Waals surface area contributed by atoms with Crippen molar-refractivity contribution in [2.75, 3.05) is 6.54 Å². The first-order valence-corrected chi connectivity index (χ1v) is 8.13. The first-order chi connectivity index (χ1) is 9.94. The lowest BCUT2D eigenvalue weighted by Crippen LogP contribution is -2.35. The topological polar surface area (TPSA) is 12.0 Å². The molecule has 2 saturated carbocycles. The van der Waals surface area contributed by atoms with E-state index in [2.05, 4.69) is 19.2 Å². The minimum absolute atomic E-state index is 0.283. The number of benzene rings is 1. The van der Waals surface area contributed by atoms with E-state index in [0.717, 1.165) is 24.9 Å². The molecule has 0 saturated heterocycles. The van der Waals surface area contributed by atoms with Gasteiger partial charge in [0.2, 0.25) is 0 Å². The zero-order chi connectivity index (χ0) is 15.0. The van der Waals surface area contributed by atoms with Gasteiger partial charge >= 0.3 is 0 Å². The van der Waals surface area contributed by atoms with E-state index in [-0.39, 0.29) is 5.41 Å². The predicted molar refractivity (Wildman–Crippen MR) is 81.2 cm³/mol. The molecule has 0 amide bonds. The Morgan fingerprint density at radius 2 is 1.90 bits per heavy atom. The van der Waals surface area contributed by atoms with Gasteiger partial charge in [0.1, 0.15) is 0 Å². The number of hydrogen-bond acceptors (Lipinski definition) is 1. The van der Waals surface area contributed by atoms with Crippen molar-refractivity contribution < 1.29 is 8.78 Å². The summed E-state index contributed by atoms with van der Waals surface area (Å²) in [4.78, 5) is 0. The molecule has 0 heterocycles. The van der Waals surface area contributed by atoms with Gasteiger partial charge in [-0.1, -0.05) is 19.9 Å². The van der Waals surface area contributed by atoms with Crippen LogP contribution in [0.5, 0.6) is 0 Å². The number of rotatable bonds is 4. The van der Waals surface area contributed by atoms with E-state index >= 15 is 0 Å². The summed E-state index contributed by atoms with van der Waals surface area (Å²) in [7, 11) is 0. The van der Waals surface area contributed by atoms with Crippen LogP contribution in [0.25, 0.3) is 0 Å². The summed E-state index contributed by atoms with van der Waals surface area (Å²) in [6.45, 7) is 5.57. The summed E-state index contributed by atoms with van der Waals surface area (Å²) >= 11 is 0. The largest absolute Gasteiger partial charge is 0.314 e. The van der Waals surface area contributed by atoms with E-state index in [4.69, 9.17) is 0 Å². The van der Waals surface area contributed by atoms with E-state index in [9.17, 15) is 8.78 Å². The Hall–Kier alpha value is -0.960. The van der Waals surface area contributed by atoms with Crippen molar-refractivity contribution in [3.05, 3.63) is 35.4 Å². The van der Waals surface area contributed by atoms with Crippen LogP contribution in [0.1, 0.15) is 57.4 Å². The predicted octanol–water partition coefficient (Wildman–Crippen LogP) is 4.63. The first kappa shape index (κ1) is 15.0. The molecule has 0 bridgehead atoms. The maximum Gasteiger partial charge on any atom is 0.159 e. The van der Waals surface area contributed by atoms with Crippen LogP contribution < -0.4 is 5.32 Å². The lowest BCUT2D eigenvalue weighted by molar-refractivity contribution is 0.159. The average molecular weight is 293 g/mol. The second-order valence-electron chi connectivity index (χ2n) is 7.63. The zero-order valence-corrected chi connectivity index (χ0v) is 13.0. The summed E-state index contributed by atoms with van der Waals surface area (Å²) in [5.41, 5.74) is 1.25. The van der Waals surface area contributed by atoms with Crippen molar-refractivity contribution in [2.45, 2.75) is 57.9 Å². The normalized spacial score (nSPS) is 28.6. The van der Waals surface area contributed by atoms with Crippen LogP contribution in [0, 0.1) is 23.0 Å². The molecule has 2 fully saturated rings. The maximum absolute atomic E-state index is 13.6. The van der Waals surface area contributed by atoms with Crippen LogP contribution in [0.2, 0.25) is 0 Å². The fourth-order valence-corrected chi connectivity index (χ4v) is 3.62. The molecule has 0 spiro atoms. The average Bonchev–Trinajstić information content (AvgIpc) is 3.24. The van der Waals surface area contributed by atoms with E-state index < -0.39 is 11.6 Å². The highest BCUT2D eigenvalue weighted by molar-refractivity contribution is 5.24. The molecule has 1 nitrogen and oxygen atoms in total. The third-order valence-electron chi connectivity index (χ3n) is 5.15. The third kappa shape index (κ3) is 3.63. The van der Waals surface area contributed by atoms with Gasteiger partial charge in [-0.3, -0.25) is 0 Å². The van der Waals surface area contributed by atoms with Crippen LogP contribution >= 0.6 is 0 Å². The Kier molecular flexibility index (Phi) is 4.04. The number of nitrogens with one attached hydrogen (secondary N) is 1. The molecular weight excluding hydrogens is 268 g/mol. The summed E-state index contributed by atoms with van der Waals surface area (Å²) in [5.74, 6) is -0.607. The Balaban J connectivity index is 1.79. The van der Waals surface area contributed by atoms with E-state index in [1.54, 1.807) is 6.07 Å². The molecule has 21 heavy (non-hydrogen) atoms. The molecule has 1 N–H and O–H groups in total. The maximum atomic E-state index is 13.6. The van der Waals surface area contributed by atoms with Crippen molar-refractivity contribution in [3.63, 3.8) is 0 Å². The van der Waals surface area contributed by atoms with Crippen LogP contribution in [0.4, 0.5) is 8.78 Å². The van der Waals surface area contributed by atoms with Crippen molar-refractivity contribution in [1.82, 2.24) is 5.32 Å². The van der Waals surface area contributed by atoms with Gasteiger partial charge in [0.15, 0.2) is 11.6 Å². The summed E-state index contributed by atoms with van der Waals surface area (Å²) in [6, 6.07) is 5.16. The molecule has 3 heteroatoms. The van der Waals surface area contributed by atoms with Crippen molar-refractivity contribution in [3.8, 4) is 0 Å². The summed E-state index contributed by atoms with van der Waals surface area (Å²) in [6.07, 6.45) is 6.00. The molecule has 2 aliphatic carbocycles. The van der Waals surface area contributed by atoms with Gasteiger partial charge in [0.25, 0.3) is 0 Å². The Bertz CT molecular complexity index is 506. The van der Waals surface area contributed by atoms with E-state index in [0.29, 0.717) is 17.9 Å². The van der Waals surface area contributed by atoms with Crippen molar-refractivity contribution in [1.29, 1.82) is 0 Å². The zero-order valence-electron chi connectivity index (χ0n) is 13.0. The van der Waals surface area contributed by atoms with Gasteiger partial charge in [0, 0.05) is 6.04 Å². The molecule has 0 aliphatic heterocycles. The van der Waals surface area contributed by atoms with E-state index in [1.165, 1.54) is 31.4 Å². The van der Waals surface area contributed by atoms with Gasteiger partial charge in [-0.15, -0.1) is 0 Å².